The van der Waals surface area contributed by atoms with Gasteiger partial charge in [0, 0.05) is 30.5 Å². The number of nitrogens with one attached hydrogen (secondary N) is 1. The van der Waals surface area contributed by atoms with E-state index < -0.39 is 34.0 Å². The summed E-state index contributed by atoms with van der Waals surface area (Å²) in [5.41, 5.74) is 0.239. The molecule has 11 heteroatoms. The first-order valence-electron chi connectivity index (χ1n) is 10.0. The van der Waals surface area contributed by atoms with E-state index in [9.17, 15) is 27.4 Å². The number of ketones is 1. The normalized spacial score (nSPS) is 12.6. The number of carbonyl (C=O) groups is 3. The Morgan fingerprint density at radius 1 is 1.09 bits per heavy atom. The second-order valence-electron chi connectivity index (χ2n) is 7.36. The number of fused-ring (bicyclic) bond motifs is 1. The molecule has 0 fully saturated rings. The molecule has 2 atom stereocenters. The molecule has 0 aliphatic rings. The van der Waals surface area contributed by atoms with Crippen LogP contribution in [-0.4, -0.2) is 50.5 Å². The van der Waals surface area contributed by atoms with Crippen molar-refractivity contribution in [3.8, 4) is 0 Å². The number of halogens is 1. The molecule has 190 valence electrons. The fourth-order valence-electron chi connectivity index (χ4n) is 3.21. The molecule has 1 amide bonds. The summed E-state index contributed by atoms with van der Waals surface area (Å²) in [7, 11) is -3.11. The molecule has 2 rings (SSSR count). The van der Waals surface area contributed by atoms with Crippen molar-refractivity contribution in [2.24, 2.45) is 5.92 Å². The van der Waals surface area contributed by atoms with Crippen LogP contribution in [0.2, 0.25) is 0 Å². The quantitative estimate of drug-likeness (QED) is 0.351. The largest absolute Gasteiger partial charge is 0.464 e. The van der Waals surface area contributed by atoms with Gasteiger partial charge in [-0.05, 0) is 44.2 Å². The van der Waals surface area contributed by atoms with E-state index in [1.54, 1.807) is 25.1 Å². The number of carbonyl (C=O) groups excluding carboxylic acids is 3. The van der Waals surface area contributed by atoms with Crippen LogP contribution in [0.15, 0.2) is 41.3 Å². The Bertz CT molecular complexity index is 1100. The van der Waals surface area contributed by atoms with Crippen molar-refractivity contribution in [2.45, 2.75) is 51.5 Å². The van der Waals surface area contributed by atoms with E-state index in [1.165, 1.54) is 32.2 Å². The minimum absolute atomic E-state index is 0. The van der Waals surface area contributed by atoms with Crippen LogP contribution in [0.3, 0.4) is 0 Å². The lowest BCUT2D eigenvalue weighted by atomic mass is 9.95. The Hall–Kier alpha value is -2.89. The average molecular weight is 502 g/mol. The lowest BCUT2D eigenvalue weighted by Gasteiger charge is -2.16. The SMILES string of the molecule is C.COC(C)C(=O)OCCC(CCC(=O)Nc1cccc2cccc(S(=O)(=O)O)c12)C(C)=O.F. The van der Waals surface area contributed by atoms with Gasteiger partial charge in [0.25, 0.3) is 10.1 Å². The minimum atomic E-state index is -4.50. The van der Waals surface area contributed by atoms with Gasteiger partial charge < -0.3 is 14.8 Å². The summed E-state index contributed by atoms with van der Waals surface area (Å²) in [4.78, 5) is 35.8. The first kappa shape index (κ1) is 31.1. The van der Waals surface area contributed by atoms with Crippen molar-refractivity contribution in [3.05, 3.63) is 36.4 Å². The second-order valence-corrected chi connectivity index (χ2v) is 8.75. The second kappa shape index (κ2) is 13.7. The molecule has 0 radical (unpaired) electrons. The molecular weight excluding hydrogens is 469 g/mol. The summed E-state index contributed by atoms with van der Waals surface area (Å²) < 4.78 is 43.0. The number of benzene rings is 2. The average Bonchev–Trinajstić information content (AvgIpc) is 2.74. The molecular formula is C23H32FNO8S. The molecule has 0 heterocycles. The van der Waals surface area contributed by atoms with E-state index in [4.69, 9.17) is 9.47 Å². The van der Waals surface area contributed by atoms with Crippen molar-refractivity contribution >= 4 is 44.2 Å². The number of hydrogen-bond donors (Lipinski definition) is 2. The lowest BCUT2D eigenvalue weighted by molar-refractivity contribution is -0.155. The summed E-state index contributed by atoms with van der Waals surface area (Å²) in [5.74, 6) is -1.56. The van der Waals surface area contributed by atoms with Crippen molar-refractivity contribution in [3.63, 3.8) is 0 Å². The van der Waals surface area contributed by atoms with Crippen molar-refractivity contribution in [1.29, 1.82) is 0 Å². The predicted octanol–water partition coefficient (Wildman–Crippen LogP) is 3.77. The van der Waals surface area contributed by atoms with Crippen molar-refractivity contribution in [1.82, 2.24) is 0 Å². The van der Waals surface area contributed by atoms with E-state index in [0.717, 1.165) is 0 Å². The molecule has 0 saturated carbocycles. The highest BCUT2D eigenvalue weighted by molar-refractivity contribution is 7.86. The number of methoxy groups -OCH3 is 1. The molecule has 0 aliphatic heterocycles. The molecule has 2 aromatic carbocycles. The predicted molar refractivity (Wildman–Crippen MR) is 127 cm³/mol. The van der Waals surface area contributed by atoms with Gasteiger partial charge in [-0.25, -0.2) is 4.79 Å². The van der Waals surface area contributed by atoms with Crippen molar-refractivity contribution in [2.75, 3.05) is 19.0 Å². The summed E-state index contributed by atoms with van der Waals surface area (Å²) in [5, 5.41) is 3.40. The first-order valence-corrected chi connectivity index (χ1v) is 11.5. The molecule has 34 heavy (non-hydrogen) atoms. The zero-order chi connectivity index (χ0) is 23.9. The third-order valence-corrected chi connectivity index (χ3v) is 6.01. The van der Waals surface area contributed by atoms with Gasteiger partial charge in [-0.2, -0.15) is 8.42 Å². The number of rotatable bonds is 11. The van der Waals surface area contributed by atoms with Gasteiger partial charge in [0.05, 0.1) is 6.61 Å². The molecule has 0 spiro atoms. The smallest absolute Gasteiger partial charge is 0.334 e. The van der Waals surface area contributed by atoms with E-state index in [2.05, 4.69) is 5.32 Å². The van der Waals surface area contributed by atoms with Gasteiger partial charge in [-0.15, -0.1) is 0 Å². The van der Waals surface area contributed by atoms with Gasteiger partial charge in [0.15, 0.2) is 6.10 Å². The summed E-state index contributed by atoms with van der Waals surface area (Å²) in [6.45, 7) is 2.99. The van der Waals surface area contributed by atoms with Crippen LogP contribution >= 0.6 is 0 Å². The summed E-state index contributed by atoms with van der Waals surface area (Å²) in [6.07, 6.45) is -0.206. The minimum Gasteiger partial charge on any atom is -0.464 e. The maximum absolute atomic E-state index is 12.5. The monoisotopic (exact) mass is 501 g/mol. The van der Waals surface area contributed by atoms with Crippen LogP contribution in [0.1, 0.15) is 40.5 Å². The van der Waals surface area contributed by atoms with Gasteiger partial charge in [-0.3, -0.25) is 18.8 Å². The standard InChI is InChI=1S/C22H27NO8S.CH4.FH/c1-14(24)16(12-13-31-22(26)15(2)30-3)10-11-20(25)23-18-8-4-6-17-7-5-9-19(21(17)18)32(27,28)29;;/h4-9,15-16H,10-13H2,1-3H3,(H,23,25)(H,27,28,29);1H4;1H. The molecule has 2 N–H and O–H groups in total. The first-order chi connectivity index (χ1) is 15.0. The Morgan fingerprint density at radius 2 is 1.71 bits per heavy atom. The maximum atomic E-state index is 12.5. The van der Waals surface area contributed by atoms with Gasteiger partial charge in [-0.1, -0.05) is 31.7 Å². The molecule has 0 aliphatic carbocycles. The molecule has 2 unspecified atom stereocenters. The molecule has 0 bridgehead atoms. The lowest BCUT2D eigenvalue weighted by Crippen LogP contribution is -2.24. The van der Waals surface area contributed by atoms with Gasteiger partial charge in [0.1, 0.15) is 10.7 Å². The third-order valence-electron chi connectivity index (χ3n) is 5.11. The number of amides is 1. The highest BCUT2D eigenvalue weighted by atomic mass is 32.2. The Balaban J connectivity index is 0.00000544. The van der Waals surface area contributed by atoms with Crippen LogP contribution in [0.4, 0.5) is 10.4 Å². The zero-order valence-corrected chi connectivity index (χ0v) is 19.4. The zero-order valence-electron chi connectivity index (χ0n) is 18.6. The number of esters is 1. The van der Waals surface area contributed by atoms with Crippen LogP contribution in [0.25, 0.3) is 10.8 Å². The van der Waals surface area contributed by atoms with E-state index in [0.29, 0.717) is 5.39 Å². The highest BCUT2D eigenvalue weighted by Crippen LogP contribution is 2.30. The molecule has 9 nitrogen and oxygen atoms in total. The summed E-state index contributed by atoms with van der Waals surface area (Å²) in [6, 6.07) is 9.27. The van der Waals surface area contributed by atoms with Crippen LogP contribution in [0.5, 0.6) is 0 Å². The Labute approximate surface area is 198 Å². The maximum Gasteiger partial charge on any atom is 0.334 e. The topological polar surface area (TPSA) is 136 Å². The van der Waals surface area contributed by atoms with E-state index in [1.807, 2.05) is 0 Å². The Kier molecular flexibility index (Phi) is 12.6. The summed E-state index contributed by atoms with van der Waals surface area (Å²) >= 11 is 0. The molecule has 0 aromatic heterocycles. The van der Waals surface area contributed by atoms with E-state index in [-0.39, 0.29) is 59.8 Å². The molecule has 2 aromatic rings. The number of anilines is 1. The highest BCUT2D eigenvalue weighted by Gasteiger charge is 2.20. The third kappa shape index (κ3) is 8.47. The number of ether oxygens (including phenoxy) is 2. The van der Waals surface area contributed by atoms with E-state index >= 15 is 0 Å². The van der Waals surface area contributed by atoms with Crippen LogP contribution in [-0.2, 0) is 34.0 Å². The molecule has 0 saturated heterocycles. The van der Waals surface area contributed by atoms with Crippen molar-refractivity contribution < 1.29 is 41.5 Å². The van der Waals surface area contributed by atoms with Gasteiger partial charge in [0.2, 0.25) is 5.91 Å². The fraction of sp³-hybridized carbons (Fsp3) is 0.435. The van der Waals surface area contributed by atoms with Crippen LogP contribution in [0, 0.1) is 5.92 Å². The number of hydrogen-bond acceptors (Lipinski definition) is 7. The fourth-order valence-corrected chi connectivity index (χ4v) is 3.95. The van der Waals surface area contributed by atoms with Crippen LogP contribution < -0.4 is 5.32 Å². The number of Topliss-reactive ketones (excluding diaryl/α,β-unsaturated/α-hetero) is 1. The Morgan fingerprint density at radius 3 is 2.26 bits per heavy atom. The van der Waals surface area contributed by atoms with Gasteiger partial charge >= 0.3 is 5.97 Å².